The van der Waals surface area contributed by atoms with E-state index in [0.717, 1.165) is 24.2 Å². The second-order valence-corrected chi connectivity index (χ2v) is 4.14. The third kappa shape index (κ3) is 3.05. The summed E-state index contributed by atoms with van der Waals surface area (Å²) in [6.45, 7) is 2.67. The molecule has 1 aromatic carbocycles. The van der Waals surface area contributed by atoms with Gasteiger partial charge in [0.15, 0.2) is 5.78 Å². The summed E-state index contributed by atoms with van der Waals surface area (Å²) in [6.07, 6.45) is 1.01. The van der Waals surface area contributed by atoms with E-state index in [0.29, 0.717) is 19.7 Å². The Hall–Kier alpha value is -1.39. The number of methoxy groups -OCH3 is 1. The van der Waals surface area contributed by atoms with Crippen molar-refractivity contribution in [3.8, 4) is 0 Å². The average Bonchev–Trinajstić information content (AvgIpc) is 2.81. The summed E-state index contributed by atoms with van der Waals surface area (Å²) in [5.41, 5.74) is 3.19. The highest BCUT2D eigenvalue weighted by Gasteiger charge is 2.12. The number of carbonyl (C=O) groups excluding carboxylic acids is 1. The van der Waals surface area contributed by atoms with Gasteiger partial charge in [0, 0.05) is 31.5 Å². The molecular formula is C13H18N2O2. The van der Waals surface area contributed by atoms with E-state index in [9.17, 15) is 4.79 Å². The molecule has 0 unspecified atom stereocenters. The van der Waals surface area contributed by atoms with Gasteiger partial charge in [-0.3, -0.25) is 4.79 Å². The number of ketones is 1. The summed E-state index contributed by atoms with van der Waals surface area (Å²) in [7, 11) is 1.65. The van der Waals surface area contributed by atoms with Crippen molar-refractivity contribution >= 4 is 11.5 Å². The monoisotopic (exact) mass is 234 g/mol. The van der Waals surface area contributed by atoms with Gasteiger partial charge in [0.25, 0.3) is 0 Å². The summed E-state index contributed by atoms with van der Waals surface area (Å²) >= 11 is 0. The molecule has 0 fully saturated rings. The number of carbonyl (C=O) groups is 1. The van der Waals surface area contributed by atoms with E-state index in [1.165, 1.54) is 5.56 Å². The molecule has 0 saturated carbocycles. The van der Waals surface area contributed by atoms with Crippen LogP contribution < -0.4 is 10.6 Å². The van der Waals surface area contributed by atoms with Crippen LogP contribution in [0.3, 0.4) is 0 Å². The maximum atomic E-state index is 11.9. The molecule has 92 valence electrons. The minimum absolute atomic E-state index is 0.135. The Morgan fingerprint density at radius 2 is 2.41 bits per heavy atom. The first-order valence-corrected chi connectivity index (χ1v) is 5.91. The molecule has 0 aliphatic carbocycles. The summed E-state index contributed by atoms with van der Waals surface area (Å²) < 4.78 is 4.91. The van der Waals surface area contributed by atoms with Crippen molar-refractivity contribution in [2.24, 2.45) is 0 Å². The number of hydrogen-bond acceptors (Lipinski definition) is 4. The van der Waals surface area contributed by atoms with E-state index < -0.39 is 0 Å². The quantitative estimate of drug-likeness (QED) is 0.571. The zero-order valence-corrected chi connectivity index (χ0v) is 10.1. The minimum atomic E-state index is 0.135. The van der Waals surface area contributed by atoms with Gasteiger partial charge in [0.05, 0.1) is 13.2 Å². The number of benzene rings is 1. The molecule has 2 rings (SSSR count). The van der Waals surface area contributed by atoms with Crippen LogP contribution in [-0.2, 0) is 11.2 Å². The fraction of sp³-hybridized carbons (Fsp3) is 0.462. The lowest BCUT2D eigenvalue weighted by molar-refractivity contribution is 0.0987. The van der Waals surface area contributed by atoms with Gasteiger partial charge in [-0.25, -0.2) is 0 Å². The lowest BCUT2D eigenvalue weighted by Gasteiger charge is -2.05. The summed E-state index contributed by atoms with van der Waals surface area (Å²) in [5, 5.41) is 6.34. The molecule has 4 nitrogen and oxygen atoms in total. The van der Waals surface area contributed by atoms with Crippen LogP contribution in [0.25, 0.3) is 0 Å². The Bertz CT molecular complexity index is 404. The van der Waals surface area contributed by atoms with E-state index in [1.54, 1.807) is 7.11 Å². The second kappa shape index (κ2) is 5.80. The maximum absolute atomic E-state index is 11.9. The van der Waals surface area contributed by atoms with Crippen LogP contribution in [0, 0.1) is 0 Å². The van der Waals surface area contributed by atoms with Crippen LogP contribution in [0.15, 0.2) is 18.2 Å². The van der Waals surface area contributed by atoms with Crippen molar-refractivity contribution in [1.82, 2.24) is 5.32 Å². The lowest BCUT2D eigenvalue weighted by atomic mass is 10.1. The highest BCUT2D eigenvalue weighted by Crippen LogP contribution is 2.22. The van der Waals surface area contributed by atoms with E-state index in [4.69, 9.17) is 4.74 Å². The molecule has 2 N–H and O–H groups in total. The maximum Gasteiger partial charge on any atom is 0.176 e. The first-order valence-electron chi connectivity index (χ1n) is 5.91. The molecule has 0 bridgehead atoms. The largest absolute Gasteiger partial charge is 0.384 e. The molecule has 0 amide bonds. The molecular weight excluding hydrogens is 216 g/mol. The van der Waals surface area contributed by atoms with Crippen molar-refractivity contribution in [2.75, 3.05) is 38.7 Å². The van der Waals surface area contributed by atoms with Gasteiger partial charge in [-0.1, -0.05) is 0 Å². The van der Waals surface area contributed by atoms with Crippen molar-refractivity contribution in [1.29, 1.82) is 0 Å². The molecule has 0 saturated heterocycles. The first kappa shape index (κ1) is 12.1. The van der Waals surface area contributed by atoms with Crippen molar-refractivity contribution in [2.45, 2.75) is 6.42 Å². The first-order chi connectivity index (χ1) is 8.31. The highest BCUT2D eigenvalue weighted by atomic mass is 16.5. The molecule has 0 spiro atoms. The lowest BCUT2D eigenvalue weighted by Crippen LogP contribution is -2.26. The molecule has 1 aliphatic rings. The number of anilines is 1. The van der Waals surface area contributed by atoms with Gasteiger partial charge >= 0.3 is 0 Å². The Balaban J connectivity index is 1.91. The molecule has 0 atom stereocenters. The number of hydrogen-bond donors (Lipinski definition) is 2. The summed E-state index contributed by atoms with van der Waals surface area (Å²) in [4.78, 5) is 11.9. The van der Waals surface area contributed by atoms with Gasteiger partial charge in [0.1, 0.15) is 0 Å². The van der Waals surface area contributed by atoms with Gasteiger partial charge in [-0.15, -0.1) is 0 Å². The highest BCUT2D eigenvalue weighted by molar-refractivity contribution is 5.98. The van der Waals surface area contributed by atoms with Crippen LogP contribution in [0.1, 0.15) is 15.9 Å². The van der Waals surface area contributed by atoms with Crippen LogP contribution in [0.5, 0.6) is 0 Å². The number of rotatable bonds is 6. The molecule has 1 heterocycles. The molecule has 1 aliphatic heterocycles. The van der Waals surface area contributed by atoms with Crippen LogP contribution >= 0.6 is 0 Å². The Kier molecular flexibility index (Phi) is 4.12. The predicted molar refractivity (Wildman–Crippen MR) is 67.7 cm³/mol. The standard InChI is InChI=1S/C13H18N2O2/c1-17-7-6-14-9-13(16)11-2-3-12-10(8-11)4-5-15-12/h2-3,8,14-15H,4-7,9H2,1H3. The topological polar surface area (TPSA) is 50.4 Å². The van der Waals surface area contributed by atoms with Crippen LogP contribution in [0.4, 0.5) is 5.69 Å². The number of nitrogens with one attached hydrogen (secondary N) is 2. The molecule has 0 aromatic heterocycles. The number of Topliss-reactive ketones (excluding diaryl/α,β-unsaturated/α-hetero) is 1. The molecule has 17 heavy (non-hydrogen) atoms. The zero-order chi connectivity index (χ0) is 12.1. The van der Waals surface area contributed by atoms with Crippen molar-refractivity contribution in [3.63, 3.8) is 0 Å². The third-order valence-electron chi connectivity index (χ3n) is 2.91. The fourth-order valence-electron chi connectivity index (χ4n) is 1.96. The van der Waals surface area contributed by atoms with Gasteiger partial charge in [-0.05, 0) is 30.2 Å². The zero-order valence-electron chi connectivity index (χ0n) is 10.1. The summed E-state index contributed by atoms with van der Waals surface area (Å²) in [6, 6.07) is 5.87. The Morgan fingerprint density at radius 3 is 3.24 bits per heavy atom. The fourth-order valence-corrected chi connectivity index (χ4v) is 1.96. The van der Waals surface area contributed by atoms with Gasteiger partial charge in [-0.2, -0.15) is 0 Å². The van der Waals surface area contributed by atoms with Crippen molar-refractivity contribution < 1.29 is 9.53 Å². The smallest absolute Gasteiger partial charge is 0.176 e. The van der Waals surface area contributed by atoms with Crippen LogP contribution in [-0.4, -0.2) is 39.1 Å². The van der Waals surface area contributed by atoms with Crippen LogP contribution in [0.2, 0.25) is 0 Å². The molecule has 4 heteroatoms. The van der Waals surface area contributed by atoms with E-state index >= 15 is 0 Å². The predicted octanol–water partition coefficient (Wildman–Crippen LogP) is 1.07. The average molecular weight is 234 g/mol. The van der Waals surface area contributed by atoms with E-state index in [1.807, 2.05) is 18.2 Å². The molecule has 1 aromatic rings. The number of ether oxygens (including phenoxy) is 1. The third-order valence-corrected chi connectivity index (χ3v) is 2.91. The Labute approximate surface area is 101 Å². The SMILES string of the molecule is COCCNCC(=O)c1ccc2c(c1)CCN2. The van der Waals surface area contributed by atoms with Gasteiger partial charge < -0.3 is 15.4 Å². The Morgan fingerprint density at radius 1 is 1.53 bits per heavy atom. The van der Waals surface area contributed by atoms with E-state index in [2.05, 4.69) is 10.6 Å². The second-order valence-electron chi connectivity index (χ2n) is 4.14. The summed E-state index contributed by atoms with van der Waals surface area (Å²) in [5.74, 6) is 0.135. The van der Waals surface area contributed by atoms with E-state index in [-0.39, 0.29) is 5.78 Å². The molecule has 0 radical (unpaired) electrons. The van der Waals surface area contributed by atoms with Gasteiger partial charge in [0.2, 0.25) is 0 Å². The minimum Gasteiger partial charge on any atom is -0.384 e. The van der Waals surface area contributed by atoms with Crippen molar-refractivity contribution in [3.05, 3.63) is 29.3 Å². The number of fused-ring (bicyclic) bond motifs is 1. The normalized spacial score (nSPS) is 13.2.